The van der Waals surface area contributed by atoms with Crippen molar-refractivity contribution in [3.05, 3.63) is 34.6 Å². The molecule has 1 aromatic rings. The first-order valence-corrected chi connectivity index (χ1v) is 13.8. The molecule has 0 aromatic heterocycles. The van der Waals surface area contributed by atoms with Crippen molar-refractivity contribution < 1.29 is 28.2 Å². The van der Waals surface area contributed by atoms with E-state index in [4.69, 9.17) is 21.1 Å². The van der Waals surface area contributed by atoms with Crippen molar-refractivity contribution in [2.75, 3.05) is 47.0 Å². The number of likely N-dealkylation sites (N-methyl/N-ethyl adjacent to an activating group) is 1. The van der Waals surface area contributed by atoms with Crippen LogP contribution < -0.4 is 10.6 Å². The van der Waals surface area contributed by atoms with Gasteiger partial charge in [0.15, 0.2) is 0 Å². The molecule has 10 heteroatoms. The normalized spacial score (nSPS) is 24.9. The minimum absolute atomic E-state index is 0.0921. The third-order valence-corrected chi connectivity index (χ3v) is 8.02. The second-order valence-corrected chi connectivity index (χ2v) is 10.7. The molecule has 1 aliphatic heterocycles. The van der Waals surface area contributed by atoms with E-state index in [9.17, 15) is 18.7 Å². The van der Waals surface area contributed by atoms with Gasteiger partial charge in [0.05, 0.1) is 18.2 Å². The number of nitrogens with zero attached hydrogens (tertiary/aromatic N) is 1. The molecule has 0 radical (unpaired) electrons. The van der Waals surface area contributed by atoms with Crippen LogP contribution in [-0.4, -0.2) is 81.4 Å². The quantitative estimate of drug-likeness (QED) is 0.339. The zero-order valence-electron chi connectivity index (χ0n) is 22.0. The van der Waals surface area contributed by atoms with Crippen molar-refractivity contribution in [1.82, 2.24) is 15.5 Å². The summed E-state index contributed by atoms with van der Waals surface area (Å²) >= 11 is 6.30. The fourth-order valence-electron chi connectivity index (χ4n) is 5.54. The number of unbranched alkanes of at least 4 members (excludes halogenated alkanes) is 1. The molecule has 37 heavy (non-hydrogen) atoms. The van der Waals surface area contributed by atoms with Crippen LogP contribution in [0.4, 0.5) is 13.6 Å². The molecule has 210 valence electrons. The fourth-order valence-corrected chi connectivity index (χ4v) is 5.83. The number of nitrogens with one attached hydrogen (secondary N) is 2. The molecular formula is C27H42ClF2N3O4. The van der Waals surface area contributed by atoms with Gasteiger partial charge in [-0.15, -0.1) is 0 Å². The minimum atomic E-state index is -1.58. The van der Waals surface area contributed by atoms with Crippen LogP contribution in [0, 0.1) is 11.7 Å². The van der Waals surface area contributed by atoms with E-state index in [1.165, 1.54) is 12.1 Å². The van der Waals surface area contributed by atoms with E-state index in [-0.39, 0.29) is 42.2 Å². The third kappa shape index (κ3) is 8.23. The van der Waals surface area contributed by atoms with Crippen LogP contribution in [0.25, 0.3) is 0 Å². The number of urea groups is 1. The lowest BCUT2D eigenvalue weighted by Crippen LogP contribution is -2.58. The molecule has 2 aliphatic rings. The maximum absolute atomic E-state index is 14.3. The first-order chi connectivity index (χ1) is 17.8. The number of aliphatic hydroxyl groups is 1. The van der Waals surface area contributed by atoms with Gasteiger partial charge in [-0.25, -0.2) is 13.6 Å². The molecule has 1 heterocycles. The first kappa shape index (κ1) is 30.0. The predicted octanol–water partition coefficient (Wildman–Crippen LogP) is 4.40. The molecule has 1 aliphatic carbocycles. The number of hydrogen-bond donors (Lipinski definition) is 3. The average Bonchev–Trinajstić information content (AvgIpc) is 2.89. The summed E-state index contributed by atoms with van der Waals surface area (Å²) in [4.78, 5) is 14.9. The Kier molecular flexibility index (Phi) is 11.8. The molecule has 0 unspecified atom stereocenters. The van der Waals surface area contributed by atoms with E-state index in [2.05, 4.69) is 10.6 Å². The monoisotopic (exact) mass is 545 g/mol. The van der Waals surface area contributed by atoms with Gasteiger partial charge >= 0.3 is 6.03 Å². The summed E-state index contributed by atoms with van der Waals surface area (Å²) in [5, 5.41) is 18.0. The summed E-state index contributed by atoms with van der Waals surface area (Å²) in [7, 11) is 3.46. The van der Waals surface area contributed by atoms with E-state index in [1.54, 1.807) is 18.1 Å². The number of morpholine rings is 1. The number of carbonyl (C=O) groups is 1. The van der Waals surface area contributed by atoms with Gasteiger partial charge in [0, 0.05) is 38.4 Å². The van der Waals surface area contributed by atoms with Gasteiger partial charge in [0.2, 0.25) is 0 Å². The zero-order valence-corrected chi connectivity index (χ0v) is 22.7. The Hall–Kier alpha value is -1.52. The SMILES string of the molecule is CNC[C@H](C[C@H]1CC[C@H](F)CC1)NC(=O)N1CCO[C@@H]([C@@](O)(CCCCOC)c2cccc(F)c2Cl)C1. The summed E-state index contributed by atoms with van der Waals surface area (Å²) in [6, 6.07) is 4.05. The zero-order chi connectivity index (χ0) is 26.8. The number of amides is 2. The molecule has 7 nitrogen and oxygen atoms in total. The highest BCUT2D eigenvalue weighted by Gasteiger charge is 2.44. The molecule has 1 saturated heterocycles. The predicted molar refractivity (Wildman–Crippen MR) is 140 cm³/mol. The fraction of sp³-hybridized carbons (Fsp3) is 0.741. The van der Waals surface area contributed by atoms with Crippen molar-refractivity contribution in [3.8, 4) is 0 Å². The van der Waals surface area contributed by atoms with Crippen LogP contribution in [0.2, 0.25) is 5.02 Å². The number of ether oxygens (including phenoxy) is 2. The minimum Gasteiger partial charge on any atom is -0.385 e. The molecule has 0 bridgehead atoms. The van der Waals surface area contributed by atoms with Crippen LogP contribution in [-0.2, 0) is 15.1 Å². The Morgan fingerprint density at radius 3 is 2.78 bits per heavy atom. The Balaban J connectivity index is 1.70. The second kappa shape index (κ2) is 14.6. The van der Waals surface area contributed by atoms with Crippen LogP contribution >= 0.6 is 11.6 Å². The number of alkyl halides is 1. The van der Waals surface area contributed by atoms with Gasteiger partial charge in [0.25, 0.3) is 0 Å². The molecule has 1 saturated carbocycles. The molecule has 3 N–H and O–H groups in total. The van der Waals surface area contributed by atoms with Crippen LogP contribution in [0.15, 0.2) is 18.2 Å². The van der Waals surface area contributed by atoms with E-state index >= 15 is 0 Å². The second-order valence-electron chi connectivity index (χ2n) is 10.3. The van der Waals surface area contributed by atoms with Crippen molar-refractivity contribution in [2.45, 2.75) is 75.3 Å². The maximum Gasteiger partial charge on any atom is 0.317 e. The van der Waals surface area contributed by atoms with Gasteiger partial charge in [-0.1, -0.05) is 23.7 Å². The van der Waals surface area contributed by atoms with E-state index in [0.717, 1.165) is 19.3 Å². The highest BCUT2D eigenvalue weighted by Crippen LogP contribution is 2.39. The number of carbonyl (C=O) groups excluding carboxylic acids is 1. The van der Waals surface area contributed by atoms with Crippen molar-refractivity contribution in [3.63, 3.8) is 0 Å². The topological polar surface area (TPSA) is 83.1 Å². The highest BCUT2D eigenvalue weighted by molar-refractivity contribution is 6.31. The van der Waals surface area contributed by atoms with E-state index < -0.39 is 23.7 Å². The van der Waals surface area contributed by atoms with Crippen LogP contribution in [0.1, 0.15) is 56.9 Å². The van der Waals surface area contributed by atoms with Gasteiger partial charge in [-0.05, 0) is 70.4 Å². The molecule has 2 amide bonds. The molecular weight excluding hydrogens is 504 g/mol. The molecule has 3 atom stereocenters. The maximum atomic E-state index is 14.3. The van der Waals surface area contributed by atoms with Crippen LogP contribution in [0.5, 0.6) is 0 Å². The standard InChI is InChI=1S/C27H42ClF2N3O4/c1-31-17-21(16-19-8-10-20(29)11-9-19)32-26(34)33-13-15-37-24(18-33)27(35,12-3-4-14-36-2)22-6-5-7-23(30)25(22)28/h5-7,19-21,24,31,35H,3-4,8-18H2,1-2H3,(H,32,34)/t19-,20-,21-,24+,27+/m0/s1. The number of hydrogen-bond acceptors (Lipinski definition) is 5. The Bertz CT molecular complexity index is 859. The van der Waals surface area contributed by atoms with Gasteiger partial charge in [-0.3, -0.25) is 0 Å². The summed E-state index contributed by atoms with van der Waals surface area (Å²) in [6.45, 7) is 1.89. The molecule has 0 spiro atoms. The number of methoxy groups -OCH3 is 1. The lowest BCUT2D eigenvalue weighted by Gasteiger charge is -2.43. The van der Waals surface area contributed by atoms with Gasteiger partial charge < -0.3 is 30.1 Å². The average molecular weight is 546 g/mol. The van der Waals surface area contributed by atoms with E-state index in [0.29, 0.717) is 51.3 Å². The highest BCUT2D eigenvalue weighted by atomic mass is 35.5. The third-order valence-electron chi connectivity index (χ3n) is 7.63. The lowest BCUT2D eigenvalue weighted by molar-refractivity contribution is -0.146. The first-order valence-electron chi connectivity index (χ1n) is 13.4. The van der Waals surface area contributed by atoms with Crippen LogP contribution in [0.3, 0.4) is 0 Å². The molecule has 3 rings (SSSR count). The summed E-state index contributed by atoms with van der Waals surface area (Å²) in [6.07, 6.45) is 3.73. The summed E-state index contributed by atoms with van der Waals surface area (Å²) in [5.74, 6) is -0.230. The summed E-state index contributed by atoms with van der Waals surface area (Å²) in [5.41, 5.74) is -1.32. The number of rotatable bonds is 12. The summed E-state index contributed by atoms with van der Waals surface area (Å²) < 4.78 is 39.0. The molecule has 2 fully saturated rings. The smallest absolute Gasteiger partial charge is 0.317 e. The van der Waals surface area contributed by atoms with Crippen molar-refractivity contribution in [2.24, 2.45) is 5.92 Å². The largest absolute Gasteiger partial charge is 0.385 e. The Morgan fingerprint density at radius 1 is 1.32 bits per heavy atom. The number of halogens is 3. The lowest BCUT2D eigenvalue weighted by atomic mass is 9.82. The van der Waals surface area contributed by atoms with E-state index in [1.807, 2.05) is 7.05 Å². The van der Waals surface area contributed by atoms with Crippen molar-refractivity contribution in [1.29, 1.82) is 0 Å². The van der Waals surface area contributed by atoms with Gasteiger partial charge in [-0.2, -0.15) is 0 Å². The Morgan fingerprint density at radius 2 is 2.08 bits per heavy atom. The van der Waals surface area contributed by atoms with Crippen molar-refractivity contribution >= 4 is 17.6 Å². The number of benzene rings is 1. The van der Waals surface area contributed by atoms with Gasteiger partial charge in [0.1, 0.15) is 23.7 Å². The Labute approximate surface area is 224 Å². The molecule has 1 aromatic carbocycles.